The van der Waals surface area contributed by atoms with E-state index in [0.717, 1.165) is 26.2 Å². The van der Waals surface area contributed by atoms with Gasteiger partial charge in [-0.05, 0) is 6.08 Å². The summed E-state index contributed by atoms with van der Waals surface area (Å²) in [4.78, 5) is 13.2. The van der Waals surface area contributed by atoms with E-state index in [9.17, 15) is 4.79 Å². The summed E-state index contributed by atoms with van der Waals surface area (Å²) >= 11 is 0. The number of rotatable bonds is 2. The fraction of sp³-hybridized carbons (Fsp3) is 0.700. The number of carbonyl (C=O) groups is 1. The summed E-state index contributed by atoms with van der Waals surface area (Å²) in [6.45, 7) is 14.3. The molecule has 1 amide bonds. The van der Waals surface area contributed by atoms with E-state index in [-0.39, 0.29) is 5.91 Å². The van der Waals surface area contributed by atoms with E-state index in [2.05, 4.69) is 30.8 Å². The predicted molar refractivity (Wildman–Crippen MR) is 61.7 cm³/mol. The number of hydrogen-bond donors (Lipinski definition) is 0. The van der Waals surface area contributed by atoms with Crippen molar-refractivity contribution in [1.29, 1.82) is 0 Å². The molecule has 0 aromatic rings. The number of nitrogens with zero attached hydrogens (tertiary/aromatic N) is 2. The Kier molecular flexibility index (Phi) is 3.50. The molecule has 1 aliphatic heterocycles. The van der Waals surface area contributed by atoms with Crippen LogP contribution in [0.5, 0.6) is 0 Å². The molecular weight excluding hydrogens is 192 g/mol. The summed E-state index contributed by atoms with van der Waals surface area (Å²) in [5.41, 5.74) is 0. The number of amides is 1. The van der Waals surface area contributed by atoms with Gasteiger partial charge in [-0.1, -0.05) is 26.2 Å². The van der Waals surface area contributed by atoms with Crippen LogP contribution in [0, 0.1) is 0 Å². The van der Waals surface area contributed by atoms with Crippen molar-refractivity contribution in [3.05, 3.63) is 12.7 Å². The van der Waals surface area contributed by atoms with Crippen molar-refractivity contribution in [2.75, 3.05) is 26.2 Å². The Balaban J connectivity index is 2.46. The maximum absolute atomic E-state index is 11.3. The van der Waals surface area contributed by atoms with Crippen LogP contribution < -0.4 is 0 Å². The Morgan fingerprint density at radius 3 is 2.07 bits per heavy atom. The normalized spacial score (nSPS) is 19.5. The topological polar surface area (TPSA) is 23.6 Å². The molecule has 3 nitrogen and oxygen atoms in total. The van der Waals surface area contributed by atoms with E-state index in [1.54, 1.807) is 0 Å². The second-order valence-corrected chi connectivity index (χ2v) is 9.66. The van der Waals surface area contributed by atoms with Gasteiger partial charge in [-0.2, -0.15) is 0 Å². The first kappa shape index (κ1) is 11.5. The van der Waals surface area contributed by atoms with Crippen molar-refractivity contribution in [2.45, 2.75) is 19.6 Å². The van der Waals surface area contributed by atoms with Crippen molar-refractivity contribution in [3.63, 3.8) is 0 Å². The summed E-state index contributed by atoms with van der Waals surface area (Å²) in [6.07, 6.45) is 1.41. The van der Waals surface area contributed by atoms with Crippen molar-refractivity contribution in [1.82, 2.24) is 9.47 Å². The van der Waals surface area contributed by atoms with Crippen LogP contribution in [0.4, 0.5) is 0 Å². The molecule has 1 rings (SSSR count). The van der Waals surface area contributed by atoms with Gasteiger partial charge in [0.15, 0.2) is 0 Å². The Labute approximate surface area is 87.5 Å². The van der Waals surface area contributed by atoms with E-state index in [1.165, 1.54) is 6.08 Å². The third-order valence-corrected chi connectivity index (χ3v) is 5.06. The number of carbonyl (C=O) groups excluding carboxylic acids is 1. The Morgan fingerprint density at radius 2 is 1.71 bits per heavy atom. The van der Waals surface area contributed by atoms with Crippen molar-refractivity contribution < 1.29 is 4.79 Å². The zero-order valence-corrected chi connectivity index (χ0v) is 10.4. The van der Waals surface area contributed by atoms with E-state index in [0.29, 0.717) is 0 Å². The third kappa shape index (κ3) is 2.69. The molecule has 0 spiro atoms. The minimum Gasteiger partial charge on any atom is -0.337 e. The van der Waals surface area contributed by atoms with E-state index >= 15 is 0 Å². The van der Waals surface area contributed by atoms with Gasteiger partial charge < -0.3 is 9.47 Å². The largest absolute Gasteiger partial charge is 0.337 e. The van der Waals surface area contributed by atoms with Gasteiger partial charge in [-0.25, -0.2) is 0 Å². The first-order valence-corrected chi connectivity index (χ1v) is 8.56. The van der Waals surface area contributed by atoms with Crippen molar-refractivity contribution in [2.24, 2.45) is 0 Å². The van der Waals surface area contributed by atoms with Crippen LogP contribution in [0.3, 0.4) is 0 Å². The molecule has 1 fully saturated rings. The SMILES string of the molecule is C=CC(=O)N1CCN([Si](C)(C)C)CC1. The lowest BCUT2D eigenvalue weighted by Gasteiger charge is -2.41. The predicted octanol–water partition coefficient (Wildman–Crippen LogP) is 1.15. The highest BCUT2D eigenvalue weighted by atomic mass is 28.3. The monoisotopic (exact) mass is 212 g/mol. The zero-order valence-electron chi connectivity index (χ0n) is 9.42. The van der Waals surface area contributed by atoms with E-state index in [4.69, 9.17) is 0 Å². The molecular formula is C10H20N2OSi. The zero-order chi connectivity index (χ0) is 10.8. The summed E-state index contributed by atoms with van der Waals surface area (Å²) in [6, 6.07) is 0. The number of hydrogen-bond acceptors (Lipinski definition) is 2. The quantitative estimate of drug-likeness (QED) is 0.506. The third-order valence-electron chi connectivity index (χ3n) is 2.71. The Bertz CT molecular complexity index is 227. The maximum Gasteiger partial charge on any atom is 0.246 e. The van der Waals surface area contributed by atoms with Gasteiger partial charge in [0.05, 0.1) is 0 Å². The molecule has 0 radical (unpaired) electrons. The molecule has 0 bridgehead atoms. The minimum absolute atomic E-state index is 0.0697. The fourth-order valence-corrected chi connectivity index (χ4v) is 3.27. The highest BCUT2D eigenvalue weighted by Crippen LogP contribution is 2.12. The van der Waals surface area contributed by atoms with Gasteiger partial charge >= 0.3 is 0 Å². The standard InChI is InChI=1S/C10H20N2OSi/c1-5-10(13)11-6-8-12(9-7-11)14(2,3)4/h5H,1,6-9H2,2-4H3. The summed E-state index contributed by atoms with van der Waals surface area (Å²) in [5, 5.41) is 0. The van der Waals surface area contributed by atoms with Crippen LogP contribution in [-0.4, -0.2) is 49.8 Å². The van der Waals surface area contributed by atoms with Crippen molar-refractivity contribution in [3.8, 4) is 0 Å². The molecule has 14 heavy (non-hydrogen) atoms. The fourth-order valence-electron chi connectivity index (χ4n) is 1.73. The Morgan fingerprint density at radius 1 is 1.21 bits per heavy atom. The molecule has 1 aliphatic rings. The van der Waals surface area contributed by atoms with Gasteiger partial charge in [0.1, 0.15) is 8.24 Å². The first-order valence-electron chi connectivity index (χ1n) is 5.11. The number of piperazine rings is 1. The Hall–Kier alpha value is -0.613. The molecule has 0 atom stereocenters. The molecule has 0 saturated carbocycles. The van der Waals surface area contributed by atoms with Gasteiger partial charge in [-0.15, -0.1) is 0 Å². The summed E-state index contributed by atoms with van der Waals surface area (Å²) in [7, 11) is -1.16. The molecule has 0 aromatic heterocycles. The van der Waals surface area contributed by atoms with E-state index < -0.39 is 8.24 Å². The lowest BCUT2D eigenvalue weighted by Crippen LogP contribution is -2.56. The van der Waals surface area contributed by atoms with Gasteiger partial charge in [-0.3, -0.25) is 4.79 Å². The summed E-state index contributed by atoms with van der Waals surface area (Å²) in [5.74, 6) is 0.0697. The van der Waals surface area contributed by atoms with Crippen LogP contribution in [0.2, 0.25) is 19.6 Å². The van der Waals surface area contributed by atoms with Crippen LogP contribution in [0.15, 0.2) is 12.7 Å². The molecule has 1 heterocycles. The average Bonchev–Trinajstić information content (AvgIpc) is 2.15. The molecule has 0 N–H and O–H groups in total. The molecule has 0 aliphatic carbocycles. The average molecular weight is 212 g/mol. The smallest absolute Gasteiger partial charge is 0.246 e. The second kappa shape index (κ2) is 4.27. The van der Waals surface area contributed by atoms with E-state index in [1.807, 2.05) is 4.90 Å². The lowest BCUT2D eigenvalue weighted by molar-refractivity contribution is -0.127. The second-order valence-electron chi connectivity index (χ2n) is 4.69. The van der Waals surface area contributed by atoms with Gasteiger partial charge in [0.2, 0.25) is 5.91 Å². The highest BCUT2D eigenvalue weighted by Gasteiger charge is 2.28. The molecule has 0 unspecified atom stereocenters. The maximum atomic E-state index is 11.3. The molecule has 0 aromatic carbocycles. The molecule has 1 saturated heterocycles. The highest BCUT2D eigenvalue weighted by molar-refractivity contribution is 6.73. The van der Waals surface area contributed by atoms with Crippen LogP contribution >= 0.6 is 0 Å². The minimum atomic E-state index is -1.16. The van der Waals surface area contributed by atoms with Gasteiger partial charge in [0.25, 0.3) is 0 Å². The first-order chi connectivity index (χ1) is 6.45. The lowest BCUT2D eigenvalue weighted by atomic mass is 10.3. The van der Waals surface area contributed by atoms with Gasteiger partial charge in [0, 0.05) is 26.2 Å². The van der Waals surface area contributed by atoms with Crippen LogP contribution in [0.25, 0.3) is 0 Å². The molecule has 4 heteroatoms. The van der Waals surface area contributed by atoms with Crippen LogP contribution in [-0.2, 0) is 4.79 Å². The van der Waals surface area contributed by atoms with Crippen molar-refractivity contribution >= 4 is 14.1 Å². The molecule has 80 valence electrons. The van der Waals surface area contributed by atoms with Crippen LogP contribution in [0.1, 0.15) is 0 Å². The summed E-state index contributed by atoms with van der Waals surface area (Å²) < 4.78 is 2.54.